The second-order valence-electron chi connectivity index (χ2n) is 15.5. The minimum absolute atomic E-state index is 0.0953. The molecule has 1 aliphatic rings. The number of benzene rings is 2. The van der Waals surface area contributed by atoms with Crippen LogP contribution in [0.2, 0.25) is 0 Å². The van der Waals surface area contributed by atoms with Gasteiger partial charge in [0.2, 0.25) is 0 Å². The molecule has 0 fully saturated rings. The van der Waals surface area contributed by atoms with Crippen LogP contribution in [0.25, 0.3) is 11.1 Å². The SMILES string of the molecule is CCCCC(CC)COP1Cc2c(cc(CC(C)C)cc2C(C)(C)C)-c2cc(CC(C)C)cc(C(C)(C)C)c2C1. The molecule has 2 aromatic rings. The van der Waals surface area contributed by atoms with Crippen molar-refractivity contribution in [1.29, 1.82) is 0 Å². The highest BCUT2D eigenvalue weighted by molar-refractivity contribution is 7.50. The van der Waals surface area contributed by atoms with Crippen molar-refractivity contribution in [2.24, 2.45) is 17.8 Å². The summed E-state index contributed by atoms with van der Waals surface area (Å²) in [5, 5.41) is 0. The van der Waals surface area contributed by atoms with Gasteiger partial charge in [-0.25, -0.2) is 0 Å². The van der Waals surface area contributed by atoms with E-state index in [0.29, 0.717) is 17.8 Å². The maximum absolute atomic E-state index is 7.02. The maximum atomic E-state index is 7.02. The molecular weight excluding hydrogens is 503 g/mol. The smallest absolute Gasteiger partial charge is 0.0537 e. The number of unbranched alkanes of at least 4 members (excludes halogenated alkanes) is 1. The molecule has 0 radical (unpaired) electrons. The van der Waals surface area contributed by atoms with Gasteiger partial charge in [-0.1, -0.05) is 127 Å². The van der Waals surface area contributed by atoms with E-state index in [9.17, 15) is 0 Å². The standard InChI is InChI=1S/C38H61OP/c1-13-15-16-28(14-2)23-39-40-24-33-31(19-29(17-26(3)4)21-35(33)37(7,8)9)32-20-30(18-27(5)6)22-36(34(32)25-40)38(10,11)12/h19-22,26-28H,13-18,23-25H2,1-12H3. The fourth-order valence-corrected chi connectivity index (χ4v) is 8.51. The summed E-state index contributed by atoms with van der Waals surface area (Å²) in [6.07, 6.45) is 9.49. The molecule has 0 bridgehead atoms. The summed E-state index contributed by atoms with van der Waals surface area (Å²) in [4.78, 5) is 0. The first kappa shape index (κ1) is 33.3. The highest BCUT2D eigenvalue weighted by Crippen LogP contribution is 2.55. The molecule has 0 spiro atoms. The molecule has 0 saturated heterocycles. The van der Waals surface area contributed by atoms with E-state index in [2.05, 4.69) is 107 Å². The number of hydrogen-bond donors (Lipinski definition) is 0. The van der Waals surface area contributed by atoms with Crippen molar-refractivity contribution < 1.29 is 4.52 Å². The minimum Gasteiger partial charge on any atom is -0.358 e. The van der Waals surface area contributed by atoms with E-state index in [1.54, 1.807) is 11.1 Å². The Balaban J connectivity index is 2.28. The van der Waals surface area contributed by atoms with E-state index in [-0.39, 0.29) is 10.8 Å². The van der Waals surface area contributed by atoms with Crippen LogP contribution in [0.3, 0.4) is 0 Å². The predicted octanol–water partition coefficient (Wildman–Crippen LogP) is 12.0. The topological polar surface area (TPSA) is 9.23 Å². The Labute approximate surface area is 250 Å². The van der Waals surface area contributed by atoms with Crippen molar-refractivity contribution in [1.82, 2.24) is 0 Å². The van der Waals surface area contributed by atoms with Gasteiger partial charge in [0.25, 0.3) is 0 Å². The van der Waals surface area contributed by atoms with Crippen molar-refractivity contribution in [2.75, 3.05) is 6.61 Å². The molecular formula is C38H61OP. The van der Waals surface area contributed by atoms with Crippen molar-refractivity contribution in [2.45, 2.75) is 145 Å². The Morgan fingerprint density at radius 2 is 1.18 bits per heavy atom. The van der Waals surface area contributed by atoms with E-state index < -0.39 is 8.15 Å². The largest absolute Gasteiger partial charge is 0.358 e. The summed E-state index contributed by atoms with van der Waals surface area (Å²) < 4.78 is 7.02. The third-order valence-corrected chi connectivity index (χ3v) is 10.4. The van der Waals surface area contributed by atoms with Gasteiger partial charge in [0.05, 0.1) is 6.61 Å². The summed E-state index contributed by atoms with van der Waals surface area (Å²) in [5.41, 5.74) is 12.4. The van der Waals surface area contributed by atoms with Gasteiger partial charge in [-0.3, -0.25) is 0 Å². The van der Waals surface area contributed by atoms with Crippen LogP contribution in [-0.2, 0) is 40.5 Å². The molecule has 1 aliphatic heterocycles. The number of rotatable bonds is 11. The first-order valence-corrected chi connectivity index (χ1v) is 18.0. The van der Waals surface area contributed by atoms with Crippen LogP contribution in [-0.4, -0.2) is 6.61 Å². The van der Waals surface area contributed by atoms with Gasteiger partial charge >= 0.3 is 0 Å². The lowest BCUT2D eigenvalue weighted by Gasteiger charge is -2.28. The van der Waals surface area contributed by atoms with Gasteiger partial charge in [0, 0.05) is 20.5 Å². The second-order valence-corrected chi connectivity index (χ2v) is 17.4. The molecule has 2 heteroatoms. The zero-order valence-electron chi connectivity index (χ0n) is 28.3. The summed E-state index contributed by atoms with van der Waals surface area (Å²) in [7, 11) is -0.604. The average molecular weight is 565 g/mol. The van der Waals surface area contributed by atoms with Crippen LogP contribution in [0.15, 0.2) is 24.3 Å². The van der Waals surface area contributed by atoms with Gasteiger partial charge < -0.3 is 4.52 Å². The molecule has 2 aromatic carbocycles. The Bertz CT molecular complexity index is 1030. The quantitative estimate of drug-likeness (QED) is 0.247. The lowest BCUT2D eigenvalue weighted by Crippen LogP contribution is -2.17. The zero-order chi connectivity index (χ0) is 29.8. The second kappa shape index (κ2) is 13.9. The van der Waals surface area contributed by atoms with Gasteiger partial charge in [-0.05, 0) is 92.4 Å². The van der Waals surface area contributed by atoms with E-state index in [1.165, 1.54) is 59.1 Å². The van der Waals surface area contributed by atoms with E-state index in [4.69, 9.17) is 4.52 Å². The Morgan fingerprint density at radius 3 is 1.52 bits per heavy atom. The Kier molecular flexibility index (Phi) is 11.6. The number of hydrogen-bond acceptors (Lipinski definition) is 1. The highest BCUT2D eigenvalue weighted by Gasteiger charge is 2.32. The third kappa shape index (κ3) is 8.67. The minimum atomic E-state index is -0.604. The van der Waals surface area contributed by atoms with Crippen molar-refractivity contribution in [3.05, 3.63) is 57.6 Å². The van der Waals surface area contributed by atoms with E-state index in [0.717, 1.165) is 31.8 Å². The average Bonchev–Trinajstić information content (AvgIpc) is 2.98. The summed E-state index contributed by atoms with van der Waals surface area (Å²) in [5.74, 6) is 1.96. The maximum Gasteiger partial charge on any atom is 0.0537 e. The molecule has 0 aliphatic carbocycles. The van der Waals surface area contributed by atoms with Gasteiger partial charge in [0.1, 0.15) is 0 Å². The zero-order valence-corrected chi connectivity index (χ0v) is 29.2. The fourth-order valence-electron chi connectivity index (χ4n) is 6.41. The van der Waals surface area contributed by atoms with Crippen molar-refractivity contribution in [3.63, 3.8) is 0 Å². The number of fused-ring (bicyclic) bond motifs is 3. The van der Waals surface area contributed by atoms with E-state index >= 15 is 0 Å². The van der Waals surface area contributed by atoms with Crippen LogP contribution in [0, 0.1) is 17.8 Å². The molecule has 1 nitrogen and oxygen atoms in total. The van der Waals surface area contributed by atoms with Gasteiger partial charge in [0.15, 0.2) is 0 Å². The molecule has 224 valence electrons. The normalized spacial score (nSPS) is 15.3. The molecule has 1 heterocycles. The molecule has 0 amide bonds. The molecule has 1 unspecified atom stereocenters. The van der Waals surface area contributed by atoms with Gasteiger partial charge in [-0.2, -0.15) is 0 Å². The van der Waals surface area contributed by atoms with Gasteiger partial charge in [-0.15, -0.1) is 0 Å². The predicted molar refractivity (Wildman–Crippen MR) is 180 cm³/mol. The lowest BCUT2D eigenvalue weighted by molar-refractivity contribution is 0.253. The first-order valence-electron chi connectivity index (χ1n) is 16.3. The molecule has 0 N–H and O–H groups in total. The third-order valence-electron chi connectivity index (χ3n) is 8.52. The van der Waals surface area contributed by atoms with Crippen LogP contribution < -0.4 is 0 Å². The molecule has 0 aromatic heterocycles. The molecule has 0 saturated carbocycles. The fraction of sp³-hybridized carbons (Fsp3) is 0.684. The van der Waals surface area contributed by atoms with Crippen LogP contribution in [0.1, 0.15) is 142 Å². The lowest BCUT2D eigenvalue weighted by atomic mass is 9.76. The van der Waals surface area contributed by atoms with Crippen LogP contribution in [0.4, 0.5) is 0 Å². The summed E-state index contributed by atoms with van der Waals surface area (Å²) in [6, 6.07) is 10.3. The molecule has 3 rings (SSSR count). The summed E-state index contributed by atoms with van der Waals surface area (Å²) in [6.45, 7) is 29.4. The summed E-state index contributed by atoms with van der Waals surface area (Å²) >= 11 is 0. The molecule has 1 atom stereocenters. The Morgan fingerprint density at radius 1 is 0.725 bits per heavy atom. The molecule has 40 heavy (non-hydrogen) atoms. The van der Waals surface area contributed by atoms with Crippen molar-refractivity contribution >= 4 is 8.15 Å². The van der Waals surface area contributed by atoms with Crippen molar-refractivity contribution in [3.8, 4) is 11.1 Å². The Hall–Kier alpha value is -1.17. The monoisotopic (exact) mass is 564 g/mol. The first-order chi connectivity index (χ1) is 18.6. The van der Waals surface area contributed by atoms with Crippen LogP contribution >= 0.6 is 8.15 Å². The highest BCUT2D eigenvalue weighted by atomic mass is 31.1. The van der Waals surface area contributed by atoms with Crippen LogP contribution in [0.5, 0.6) is 0 Å². The van der Waals surface area contributed by atoms with E-state index in [1.807, 2.05) is 0 Å².